The normalized spacial score (nSPS) is 20.9. The van der Waals surface area contributed by atoms with Gasteiger partial charge < -0.3 is 0 Å². The van der Waals surface area contributed by atoms with E-state index in [1.165, 1.54) is 16.7 Å². The Labute approximate surface area is 114 Å². The summed E-state index contributed by atoms with van der Waals surface area (Å²) >= 11 is 0. The summed E-state index contributed by atoms with van der Waals surface area (Å²) in [5.74, 6) is 0.759. The Morgan fingerprint density at radius 2 is 1.47 bits per heavy atom. The first-order valence-electron chi connectivity index (χ1n) is 6.78. The van der Waals surface area contributed by atoms with Gasteiger partial charge in [0.1, 0.15) is 5.78 Å². The maximum absolute atomic E-state index is 11.6. The first-order valence-corrected chi connectivity index (χ1v) is 6.78. The second-order valence-corrected chi connectivity index (χ2v) is 5.89. The van der Waals surface area contributed by atoms with Crippen LogP contribution in [-0.2, 0) is 4.79 Å². The number of carbonyl (C=O) groups is 1. The lowest BCUT2D eigenvalue weighted by Crippen LogP contribution is -2.43. The number of hydrogen-bond donors (Lipinski definition) is 0. The van der Waals surface area contributed by atoms with Gasteiger partial charge in [0.15, 0.2) is 0 Å². The van der Waals surface area contributed by atoms with Crippen molar-refractivity contribution in [3.05, 3.63) is 60.2 Å². The smallest absolute Gasteiger partial charge is 0.139 e. The molecule has 0 spiro atoms. The van der Waals surface area contributed by atoms with Gasteiger partial charge in [0, 0.05) is 17.8 Å². The Morgan fingerprint density at radius 3 is 2.00 bits per heavy atom. The molecule has 0 N–H and O–H groups in total. The fraction of sp³-hybridized carbons (Fsp3) is 0.278. The molecule has 0 amide bonds. The molecule has 0 bridgehead atoms. The third kappa shape index (κ3) is 1.99. The quantitative estimate of drug-likeness (QED) is 0.770. The van der Waals surface area contributed by atoms with Crippen molar-refractivity contribution < 1.29 is 4.79 Å². The fourth-order valence-corrected chi connectivity index (χ4v) is 2.84. The van der Waals surface area contributed by atoms with E-state index in [1.807, 2.05) is 6.07 Å². The lowest BCUT2D eigenvalue weighted by atomic mass is 9.59. The monoisotopic (exact) mass is 250 g/mol. The number of Topliss-reactive ketones (excluding diaryl/α,β-unsaturated/α-hetero) is 1. The van der Waals surface area contributed by atoms with Crippen LogP contribution in [0.5, 0.6) is 0 Å². The van der Waals surface area contributed by atoms with E-state index in [0.29, 0.717) is 18.1 Å². The number of rotatable bonds is 2. The van der Waals surface area contributed by atoms with Crippen molar-refractivity contribution in [3.63, 3.8) is 0 Å². The summed E-state index contributed by atoms with van der Waals surface area (Å²) in [5.41, 5.74) is 3.56. The molecule has 1 heteroatoms. The van der Waals surface area contributed by atoms with E-state index in [1.54, 1.807) is 0 Å². The van der Waals surface area contributed by atoms with Crippen molar-refractivity contribution in [1.82, 2.24) is 0 Å². The zero-order valence-electron chi connectivity index (χ0n) is 11.4. The topological polar surface area (TPSA) is 17.1 Å². The van der Waals surface area contributed by atoms with Crippen LogP contribution in [0, 0.1) is 5.41 Å². The van der Waals surface area contributed by atoms with Gasteiger partial charge in [-0.3, -0.25) is 4.79 Å². The van der Waals surface area contributed by atoms with Crippen LogP contribution in [0.25, 0.3) is 11.1 Å². The van der Waals surface area contributed by atoms with E-state index in [2.05, 4.69) is 62.4 Å². The molecule has 1 saturated carbocycles. The predicted octanol–water partition coefficient (Wildman–Crippen LogP) is 4.44. The van der Waals surface area contributed by atoms with Crippen LogP contribution in [-0.4, -0.2) is 5.78 Å². The highest BCUT2D eigenvalue weighted by Crippen LogP contribution is 2.49. The molecule has 96 valence electrons. The molecule has 0 heterocycles. The Balaban J connectivity index is 1.87. The molecule has 1 aliphatic carbocycles. The standard InChI is InChI=1S/C18H18O/c1-18(2)16(12-17(18)19)15-10-8-14(9-11-15)13-6-4-3-5-7-13/h3-11,16H,12H2,1-2H3. The van der Waals surface area contributed by atoms with Crippen LogP contribution >= 0.6 is 0 Å². The average molecular weight is 250 g/mol. The minimum Gasteiger partial charge on any atom is -0.299 e. The van der Waals surface area contributed by atoms with Crippen LogP contribution in [0.15, 0.2) is 54.6 Å². The lowest BCUT2D eigenvalue weighted by molar-refractivity contribution is -0.137. The number of hydrogen-bond acceptors (Lipinski definition) is 1. The van der Waals surface area contributed by atoms with E-state index < -0.39 is 0 Å². The molecule has 2 aromatic rings. The first-order chi connectivity index (χ1) is 9.09. The predicted molar refractivity (Wildman–Crippen MR) is 78.0 cm³/mol. The molecule has 1 atom stereocenters. The molecule has 19 heavy (non-hydrogen) atoms. The van der Waals surface area contributed by atoms with Gasteiger partial charge in [-0.25, -0.2) is 0 Å². The highest BCUT2D eigenvalue weighted by molar-refractivity contribution is 5.92. The SMILES string of the molecule is CC1(C)C(=O)CC1c1ccc(-c2ccccc2)cc1. The summed E-state index contributed by atoms with van der Waals surface area (Å²) < 4.78 is 0. The maximum Gasteiger partial charge on any atom is 0.139 e. The second kappa shape index (κ2) is 4.34. The average Bonchev–Trinajstić information content (AvgIpc) is 2.46. The summed E-state index contributed by atoms with van der Waals surface area (Å²) in [7, 11) is 0. The zero-order chi connectivity index (χ0) is 13.5. The van der Waals surface area contributed by atoms with Crippen LogP contribution in [0.3, 0.4) is 0 Å². The summed E-state index contributed by atoms with van der Waals surface area (Å²) in [5, 5.41) is 0. The fourth-order valence-electron chi connectivity index (χ4n) is 2.84. The highest BCUT2D eigenvalue weighted by Gasteiger charge is 2.47. The maximum atomic E-state index is 11.6. The van der Waals surface area contributed by atoms with Gasteiger partial charge >= 0.3 is 0 Å². The molecular formula is C18H18O. The Morgan fingerprint density at radius 1 is 0.895 bits per heavy atom. The molecule has 0 saturated heterocycles. The molecule has 0 aromatic heterocycles. The van der Waals surface area contributed by atoms with Gasteiger partial charge in [-0.2, -0.15) is 0 Å². The Hall–Kier alpha value is -1.89. The lowest BCUT2D eigenvalue weighted by Gasteiger charge is -2.42. The molecule has 1 unspecified atom stereocenters. The van der Waals surface area contributed by atoms with E-state index in [4.69, 9.17) is 0 Å². The molecule has 1 aliphatic rings. The number of ketones is 1. The summed E-state index contributed by atoms with van der Waals surface area (Å²) in [6.45, 7) is 4.10. The summed E-state index contributed by atoms with van der Waals surface area (Å²) in [4.78, 5) is 11.6. The summed E-state index contributed by atoms with van der Waals surface area (Å²) in [6, 6.07) is 19.0. The van der Waals surface area contributed by atoms with E-state index in [0.717, 1.165) is 0 Å². The van der Waals surface area contributed by atoms with E-state index >= 15 is 0 Å². The van der Waals surface area contributed by atoms with Crippen molar-refractivity contribution >= 4 is 5.78 Å². The van der Waals surface area contributed by atoms with Crippen molar-refractivity contribution in [3.8, 4) is 11.1 Å². The highest BCUT2D eigenvalue weighted by atomic mass is 16.1. The second-order valence-electron chi connectivity index (χ2n) is 5.89. The molecule has 2 aromatic carbocycles. The zero-order valence-corrected chi connectivity index (χ0v) is 11.4. The van der Waals surface area contributed by atoms with Crippen molar-refractivity contribution in [2.75, 3.05) is 0 Å². The van der Waals surface area contributed by atoms with Crippen LogP contribution in [0.4, 0.5) is 0 Å². The summed E-state index contributed by atoms with van der Waals surface area (Å²) in [6.07, 6.45) is 0.692. The Kier molecular flexibility index (Phi) is 2.78. The minimum absolute atomic E-state index is 0.186. The molecule has 3 rings (SSSR count). The van der Waals surface area contributed by atoms with Crippen molar-refractivity contribution in [2.45, 2.75) is 26.2 Å². The van der Waals surface area contributed by atoms with Crippen LogP contribution in [0.1, 0.15) is 31.7 Å². The van der Waals surface area contributed by atoms with Gasteiger partial charge in [0.2, 0.25) is 0 Å². The van der Waals surface area contributed by atoms with Gasteiger partial charge in [-0.15, -0.1) is 0 Å². The van der Waals surface area contributed by atoms with Gasteiger partial charge in [-0.05, 0) is 16.7 Å². The molecular weight excluding hydrogens is 232 g/mol. The number of carbonyl (C=O) groups excluding carboxylic acids is 1. The van der Waals surface area contributed by atoms with Gasteiger partial charge in [-0.1, -0.05) is 68.4 Å². The van der Waals surface area contributed by atoms with E-state index in [9.17, 15) is 4.79 Å². The van der Waals surface area contributed by atoms with Crippen LogP contribution < -0.4 is 0 Å². The first kappa shape index (κ1) is 12.2. The third-order valence-electron chi connectivity index (χ3n) is 4.40. The molecule has 1 nitrogen and oxygen atoms in total. The van der Waals surface area contributed by atoms with Crippen LogP contribution in [0.2, 0.25) is 0 Å². The van der Waals surface area contributed by atoms with E-state index in [-0.39, 0.29) is 5.41 Å². The minimum atomic E-state index is -0.186. The molecule has 0 radical (unpaired) electrons. The molecule has 1 fully saturated rings. The van der Waals surface area contributed by atoms with Gasteiger partial charge in [0.25, 0.3) is 0 Å². The Bertz CT molecular complexity index is 593. The largest absolute Gasteiger partial charge is 0.299 e. The molecule has 0 aliphatic heterocycles. The third-order valence-corrected chi connectivity index (χ3v) is 4.40. The van der Waals surface area contributed by atoms with Crippen molar-refractivity contribution in [2.24, 2.45) is 5.41 Å². The van der Waals surface area contributed by atoms with Gasteiger partial charge in [0.05, 0.1) is 0 Å². The number of benzene rings is 2. The van der Waals surface area contributed by atoms with Crippen molar-refractivity contribution in [1.29, 1.82) is 0 Å².